The van der Waals surface area contributed by atoms with E-state index in [0.29, 0.717) is 6.10 Å². The van der Waals surface area contributed by atoms with Crippen molar-refractivity contribution in [3.63, 3.8) is 0 Å². The molecule has 0 saturated carbocycles. The highest BCUT2D eigenvalue weighted by molar-refractivity contribution is 5.23. The summed E-state index contributed by atoms with van der Waals surface area (Å²) in [6.45, 7) is 8.75. The van der Waals surface area contributed by atoms with Crippen molar-refractivity contribution < 1.29 is 4.74 Å². The Hall–Kier alpha value is -1.08. The minimum absolute atomic E-state index is 0.530. The lowest BCUT2D eigenvalue weighted by molar-refractivity contribution is 0.410. The quantitative estimate of drug-likeness (QED) is 0.515. The summed E-state index contributed by atoms with van der Waals surface area (Å²) in [7, 11) is 0. The summed E-state index contributed by atoms with van der Waals surface area (Å²) < 4.78 is 4.88. The fourth-order valence-electron chi connectivity index (χ4n) is 1.05. The van der Waals surface area contributed by atoms with Crippen molar-refractivity contribution in [3.8, 4) is 0 Å². The number of ether oxygens (including phenoxy) is 1. The molecule has 0 aromatic heterocycles. The van der Waals surface area contributed by atoms with E-state index in [1.165, 1.54) is 11.1 Å². The molecule has 1 nitrogen and oxygen atoms in total. The van der Waals surface area contributed by atoms with E-state index >= 15 is 0 Å². The van der Waals surface area contributed by atoms with E-state index in [-0.39, 0.29) is 0 Å². The molecule has 1 aliphatic heterocycles. The molecule has 0 aliphatic carbocycles. The van der Waals surface area contributed by atoms with Crippen molar-refractivity contribution in [1.82, 2.24) is 0 Å². The average Bonchev–Trinajstić information content (AvgIpc) is 2.96. The first-order valence-electron chi connectivity index (χ1n) is 4.98. The summed E-state index contributed by atoms with van der Waals surface area (Å²) in [6.07, 6.45) is 3.44. The van der Waals surface area contributed by atoms with Gasteiger partial charge in [0.25, 0.3) is 0 Å². The van der Waals surface area contributed by atoms with Crippen molar-refractivity contribution in [2.75, 3.05) is 6.61 Å². The van der Waals surface area contributed by atoms with Crippen LogP contribution in [0.25, 0.3) is 0 Å². The number of benzene rings is 1. The molecule has 0 spiro atoms. The van der Waals surface area contributed by atoms with Crippen molar-refractivity contribution in [3.05, 3.63) is 48.0 Å². The highest BCUT2D eigenvalue weighted by atomic mass is 16.6. The summed E-state index contributed by atoms with van der Waals surface area (Å²) >= 11 is 0. The summed E-state index contributed by atoms with van der Waals surface area (Å²) in [5, 5.41) is 0. The Balaban J connectivity index is 0.000000146. The third-order valence-electron chi connectivity index (χ3n) is 2.26. The molecule has 0 amide bonds. The number of rotatable bonds is 2. The zero-order chi connectivity index (χ0) is 10.4. The fraction of sp³-hybridized carbons (Fsp3) is 0.385. The Morgan fingerprint density at radius 2 is 1.86 bits per heavy atom. The lowest BCUT2D eigenvalue weighted by Gasteiger charge is -1.93. The lowest BCUT2D eigenvalue weighted by atomic mass is 10.1. The average molecular weight is 190 g/mol. The van der Waals surface area contributed by atoms with Crippen LogP contribution in [0.2, 0.25) is 0 Å². The molecule has 76 valence electrons. The Bertz CT molecular complexity index is 266. The number of hydrogen-bond acceptors (Lipinski definition) is 1. The van der Waals surface area contributed by atoms with Crippen LogP contribution in [0.3, 0.4) is 0 Å². The fourth-order valence-corrected chi connectivity index (χ4v) is 1.05. The summed E-state index contributed by atoms with van der Waals surface area (Å²) in [6, 6.07) is 8.36. The molecule has 1 atom stereocenters. The van der Waals surface area contributed by atoms with Gasteiger partial charge in [-0.3, -0.25) is 0 Å². The van der Waals surface area contributed by atoms with Gasteiger partial charge in [-0.1, -0.05) is 30.3 Å². The minimum atomic E-state index is 0.530. The lowest BCUT2D eigenvalue weighted by Crippen LogP contribution is -1.75. The smallest absolute Gasteiger partial charge is 0.0844 e. The zero-order valence-electron chi connectivity index (χ0n) is 8.99. The van der Waals surface area contributed by atoms with Gasteiger partial charge >= 0.3 is 0 Å². The maximum absolute atomic E-state index is 4.88. The van der Waals surface area contributed by atoms with Crippen molar-refractivity contribution in [2.24, 2.45) is 0 Å². The molecule has 2 rings (SSSR count). The van der Waals surface area contributed by atoms with Crippen LogP contribution >= 0.6 is 0 Å². The zero-order valence-corrected chi connectivity index (χ0v) is 8.99. The van der Waals surface area contributed by atoms with Crippen LogP contribution < -0.4 is 0 Å². The van der Waals surface area contributed by atoms with E-state index in [9.17, 15) is 0 Å². The molecular weight excluding hydrogens is 172 g/mol. The Kier molecular flexibility index (Phi) is 4.41. The van der Waals surface area contributed by atoms with Gasteiger partial charge in [0.15, 0.2) is 0 Å². The van der Waals surface area contributed by atoms with Crippen molar-refractivity contribution in [2.45, 2.75) is 26.4 Å². The molecule has 1 aromatic carbocycles. The Morgan fingerprint density at radius 3 is 2.07 bits per heavy atom. The maximum atomic E-state index is 4.88. The third kappa shape index (κ3) is 4.24. The largest absolute Gasteiger partial charge is 0.373 e. The minimum Gasteiger partial charge on any atom is -0.373 e. The third-order valence-corrected chi connectivity index (χ3v) is 2.26. The van der Waals surface area contributed by atoms with Crippen molar-refractivity contribution in [1.29, 1.82) is 0 Å². The van der Waals surface area contributed by atoms with Gasteiger partial charge in [0, 0.05) is 0 Å². The Morgan fingerprint density at radius 1 is 1.36 bits per heavy atom. The number of hydrogen-bond donors (Lipinski definition) is 0. The van der Waals surface area contributed by atoms with Crippen molar-refractivity contribution >= 4 is 0 Å². The van der Waals surface area contributed by atoms with Gasteiger partial charge in [-0.25, -0.2) is 0 Å². The van der Waals surface area contributed by atoms with E-state index in [1.807, 2.05) is 6.08 Å². The van der Waals surface area contributed by atoms with Crippen LogP contribution in [0.1, 0.15) is 17.5 Å². The molecule has 1 fully saturated rings. The second-order valence-corrected chi connectivity index (χ2v) is 3.56. The highest BCUT2D eigenvalue weighted by Gasteiger charge is 2.19. The van der Waals surface area contributed by atoms with Crippen LogP contribution in [-0.4, -0.2) is 12.7 Å². The first-order valence-corrected chi connectivity index (χ1v) is 4.98. The molecule has 0 N–H and O–H groups in total. The van der Waals surface area contributed by atoms with Gasteiger partial charge in [-0.15, -0.1) is 6.58 Å². The highest BCUT2D eigenvalue weighted by Crippen LogP contribution is 2.12. The molecule has 1 heterocycles. The summed E-state index contributed by atoms with van der Waals surface area (Å²) in [5.41, 5.74) is 2.74. The summed E-state index contributed by atoms with van der Waals surface area (Å²) in [5.74, 6) is 0. The second-order valence-electron chi connectivity index (χ2n) is 3.56. The maximum Gasteiger partial charge on any atom is 0.0844 e. The molecule has 1 aliphatic rings. The van der Waals surface area contributed by atoms with E-state index in [4.69, 9.17) is 4.74 Å². The molecule has 14 heavy (non-hydrogen) atoms. The SMILES string of the molecule is C=CCC1CO1.Cc1ccccc1C. The Labute approximate surface area is 86.4 Å². The standard InChI is InChI=1S/C8H10.C5H8O/c1-7-5-3-4-6-8(7)2;1-2-3-5-4-6-5/h3-6H,1-2H3;2,5H,1,3-4H2. The number of epoxide rings is 1. The molecular formula is C13H18O. The first kappa shape index (κ1) is 11.0. The van der Waals surface area contributed by atoms with Gasteiger partial charge in [0.1, 0.15) is 0 Å². The van der Waals surface area contributed by atoms with Crippen LogP contribution in [0.15, 0.2) is 36.9 Å². The predicted molar refractivity (Wildman–Crippen MR) is 60.5 cm³/mol. The van der Waals surface area contributed by atoms with Crippen LogP contribution in [0, 0.1) is 13.8 Å². The molecule has 1 heteroatoms. The number of aryl methyl sites for hydroxylation is 2. The molecule has 1 saturated heterocycles. The van der Waals surface area contributed by atoms with Gasteiger partial charge in [0.05, 0.1) is 12.7 Å². The first-order chi connectivity index (χ1) is 6.74. The van der Waals surface area contributed by atoms with E-state index in [0.717, 1.165) is 13.0 Å². The molecule has 0 bridgehead atoms. The normalized spacial score (nSPS) is 18.0. The van der Waals surface area contributed by atoms with E-state index in [2.05, 4.69) is 44.7 Å². The van der Waals surface area contributed by atoms with E-state index in [1.54, 1.807) is 0 Å². The van der Waals surface area contributed by atoms with E-state index < -0.39 is 0 Å². The topological polar surface area (TPSA) is 12.5 Å². The van der Waals surface area contributed by atoms with Crippen LogP contribution in [-0.2, 0) is 4.74 Å². The van der Waals surface area contributed by atoms with Gasteiger partial charge in [-0.05, 0) is 31.4 Å². The molecule has 1 aromatic rings. The predicted octanol–water partition coefficient (Wildman–Crippen LogP) is 3.26. The van der Waals surface area contributed by atoms with Gasteiger partial charge < -0.3 is 4.74 Å². The molecule has 1 unspecified atom stereocenters. The second kappa shape index (κ2) is 5.61. The van der Waals surface area contributed by atoms with Crippen LogP contribution in [0.4, 0.5) is 0 Å². The van der Waals surface area contributed by atoms with Gasteiger partial charge in [-0.2, -0.15) is 0 Å². The van der Waals surface area contributed by atoms with Crippen LogP contribution in [0.5, 0.6) is 0 Å². The molecule has 0 radical (unpaired) electrons. The van der Waals surface area contributed by atoms with Gasteiger partial charge in [0.2, 0.25) is 0 Å². The monoisotopic (exact) mass is 190 g/mol. The summed E-state index contributed by atoms with van der Waals surface area (Å²) in [4.78, 5) is 0.